The summed E-state index contributed by atoms with van der Waals surface area (Å²) in [5.74, 6) is -1.29. The molecular weight excluding hydrogens is 435 g/mol. The summed E-state index contributed by atoms with van der Waals surface area (Å²) in [7, 11) is 0. The predicted octanol–water partition coefficient (Wildman–Crippen LogP) is 3.51. The molecule has 1 aliphatic heterocycles. The molecule has 166 valence electrons. The molecule has 0 saturated carbocycles. The Morgan fingerprint density at radius 3 is 2.81 bits per heavy atom. The number of carbonyl (C=O) groups is 2. The standard InChI is InChI=1S/C23H22ClFN4O3/c1-2-9-28(13-20-26-18-11-15(24)7-8-16(18)22(31)27-20)23(32)14-10-21(30)29(12-14)19-6-4-3-5-17(19)25/h3-8,11,14H,2,9-10,12-13H2,1H3,(H,26,27,31)/t14-/m0/s1. The van der Waals surface area contributed by atoms with Crippen molar-refractivity contribution < 1.29 is 14.0 Å². The minimum Gasteiger partial charge on any atom is -0.335 e. The van der Waals surface area contributed by atoms with Crippen molar-refractivity contribution in [1.29, 1.82) is 0 Å². The highest BCUT2D eigenvalue weighted by molar-refractivity contribution is 6.31. The van der Waals surface area contributed by atoms with Gasteiger partial charge in [-0.15, -0.1) is 0 Å². The van der Waals surface area contributed by atoms with Crippen LogP contribution < -0.4 is 10.5 Å². The molecule has 1 saturated heterocycles. The van der Waals surface area contributed by atoms with E-state index >= 15 is 0 Å². The van der Waals surface area contributed by atoms with Crippen LogP contribution in [0.15, 0.2) is 47.3 Å². The van der Waals surface area contributed by atoms with Gasteiger partial charge in [0.05, 0.1) is 29.1 Å². The van der Waals surface area contributed by atoms with E-state index in [4.69, 9.17) is 11.6 Å². The number of benzene rings is 2. The number of amides is 2. The van der Waals surface area contributed by atoms with Gasteiger partial charge in [0.25, 0.3) is 5.56 Å². The van der Waals surface area contributed by atoms with Gasteiger partial charge < -0.3 is 14.8 Å². The second-order valence-corrected chi connectivity index (χ2v) is 8.23. The van der Waals surface area contributed by atoms with Gasteiger partial charge in [-0.2, -0.15) is 0 Å². The number of carbonyl (C=O) groups excluding carboxylic acids is 2. The zero-order chi connectivity index (χ0) is 22.8. The van der Waals surface area contributed by atoms with Crippen LogP contribution in [0.2, 0.25) is 5.02 Å². The fraction of sp³-hybridized carbons (Fsp3) is 0.304. The first-order valence-electron chi connectivity index (χ1n) is 10.4. The van der Waals surface area contributed by atoms with E-state index in [9.17, 15) is 18.8 Å². The summed E-state index contributed by atoms with van der Waals surface area (Å²) in [6.45, 7) is 2.56. The fourth-order valence-corrected chi connectivity index (χ4v) is 4.15. The number of halogens is 2. The van der Waals surface area contributed by atoms with Crippen molar-refractivity contribution >= 4 is 40.0 Å². The lowest BCUT2D eigenvalue weighted by Gasteiger charge is -2.25. The first-order chi connectivity index (χ1) is 15.4. The molecule has 9 heteroatoms. The number of nitrogens with one attached hydrogen (secondary N) is 1. The number of H-pyrrole nitrogens is 1. The van der Waals surface area contributed by atoms with Crippen LogP contribution in [0.5, 0.6) is 0 Å². The maximum atomic E-state index is 14.2. The molecule has 7 nitrogen and oxygen atoms in total. The first kappa shape index (κ1) is 22.0. The van der Waals surface area contributed by atoms with Crippen LogP contribution in [0.25, 0.3) is 10.9 Å². The molecule has 2 aromatic carbocycles. The zero-order valence-electron chi connectivity index (χ0n) is 17.5. The summed E-state index contributed by atoms with van der Waals surface area (Å²) in [6.07, 6.45) is 0.692. The predicted molar refractivity (Wildman–Crippen MR) is 120 cm³/mol. The van der Waals surface area contributed by atoms with E-state index in [0.29, 0.717) is 34.7 Å². The Morgan fingerprint density at radius 2 is 2.06 bits per heavy atom. The van der Waals surface area contributed by atoms with Crippen molar-refractivity contribution in [2.24, 2.45) is 5.92 Å². The third-order valence-corrected chi connectivity index (χ3v) is 5.72. The average Bonchev–Trinajstić information content (AvgIpc) is 3.14. The van der Waals surface area contributed by atoms with E-state index in [1.54, 1.807) is 35.2 Å². The largest absolute Gasteiger partial charge is 0.335 e. The molecule has 2 heterocycles. The summed E-state index contributed by atoms with van der Waals surface area (Å²) in [4.78, 5) is 48.3. The van der Waals surface area contributed by atoms with E-state index in [-0.39, 0.29) is 42.6 Å². The molecule has 3 aromatic rings. The zero-order valence-corrected chi connectivity index (χ0v) is 18.2. The Hall–Kier alpha value is -3.26. The van der Waals surface area contributed by atoms with Gasteiger partial charge >= 0.3 is 0 Å². The molecule has 1 aromatic heterocycles. The summed E-state index contributed by atoms with van der Waals surface area (Å²) >= 11 is 6.02. The highest BCUT2D eigenvalue weighted by atomic mass is 35.5. The summed E-state index contributed by atoms with van der Waals surface area (Å²) in [6, 6.07) is 10.8. The lowest BCUT2D eigenvalue weighted by atomic mass is 10.1. The van der Waals surface area contributed by atoms with Crippen molar-refractivity contribution in [3.63, 3.8) is 0 Å². The van der Waals surface area contributed by atoms with Crippen LogP contribution in [-0.4, -0.2) is 39.8 Å². The SMILES string of the molecule is CCCN(Cc1nc2cc(Cl)ccc2c(=O)[nH]1)C(=O)[C@H]1CC(=O)N(c2ccccc2F)C1. The van der Waals surface area contributed by atoms with E-state index in [1.807, 2.05) is 6.92 Å². The number of aromatic nitrogens is 2. The van der Waals surface area contributed by atoms with Crippen LogP contribution in [0.1, 0.15) is 25.6 Å². The van der Waals surface area contributed by atoms with E-state index in [0.717, 1.165) is 0 Å². The van der Waals surface area contributed by atoms with Gasteiger partial charge in [0.2, 0.25) is 11.8 Å². The highest BCUT2D eigenvalue weighted by Crippen LogP contribution is 2.28. The monoisotopic (exact) mass is 456 g/mol. The third kappa shape index (κ3) is 4.36. The number of anilines is 1. The quantitative estimate of drug-likeness (QED) is 0.615. The Balaban J connectivity index is 1.56. The van der Waals surface area contributed by atoms with Crippen LogP contribution >= 0.6 is 11.6 Å². The van der Waals surface area contributed by atoms with E-state index < -0.39 is 11.7 Å². The van der Waals surface area contributed by atoms with Crippen LogP contribution in [0.3, 0.4) is 0 Å². The van der Waals surface area contributed by atoms with Gasteiger partial charge in [-0.25, -0.2) is 9.37 Å². The molecule has 2 amide bonds. The molecular formula is C23H22ClFN4O3. The van der Waals surface area contributed by atoms with Crippen LogP contribution in [-0.2, 0) is 16.1 Å². The molecule has 0 bridgehead atoms. The topological polar surface area (TPSA) is 86.4 Å². The summed E-state index contributed by atoms with van der Waals surface area (Å²) in [5, 5.41) is 0.870. The minimum atomic E-state index is -0.602. The number of rotatable bonds is 6. The number of fused-ring (bicyclic) bond motifs is 1. The van der Waals surface area contributed by atoms with Crippen molar-refractivity contribution in [2.45, 2.75) is 26.3 Å². The second-order valence-electron chi connectivity index (χ2n) is 7.79. The van der Waals surface area contributed by atoms with Crippen LogP contribution in [0, 0.1) is 11.7 Å². The van der Waals surface area contributed by atoms with Gasteiger partial charge in [-0.1, -0.05) is 30.7 Å². The van der Waals surface area contributed by atoms with Crippen molar-refractivity contribution in [3.05, 3.63) is 69.5 Å². The van der Waals surface area contributed by atoms with E-state index in [2.05, 4.69) is 9.97 Å². The van der Waals surface area contributed by atoms with E-state index in [1.165, 1.54) is 17.0 Å². The molecule has 1 aliphatic rings. The maximum absolute atomic E-state index is 14.2. The number of aromatic amines is 1. The fourth-order valence-electron chi connectivity index (χ4n) is 3.99. The number of hydrogen-bond acceptors (Lipinski definition) is 4. The first-order valence-corrected chi connectivity index (χ1v) is 10.8. The Labute approximate surface area is 188 Å². The van der Waals surface area contributed by atoms with Crippen molar-refractivity contribution in [3.8, 4) is 0 Å². The normalized spacial score (nSPS) is 16.0. The van der Waals surface area contributed by atoms with Crippen molar-refractivity contribution in [1.82, 2.24) is 14.9 Å². The molecule has 32 heavy (non-hydrogen) atoms. The third-order valence-electron chi connectivity index (χ3n) is 5.48. The van der Waals surface area contributed by atoms with Gasteiger partial charge in [-0.3, -0.25) is 14.4 Å². The molecule has 0 unspecified atom stereocenters. The van der Waals surface area contributed by atoms with Gasteiger partial charge in [0, 0.05) is 24.5 Å². The second kappa shape index (κ2) is 9.08. The Kier molecular flexibility index (Phi) is 6.23. The van der Waals surface area contributed by atoms with Crippen LogP contribution in [0.4, 0.5) is 10.1 Å². The average molecular weight is 457 g/mol. The summed E-state index contributed by atoms with van der Waals surface area (Å²) in [5.41, 5.74) is 0.307. The molecule has 1 atom stereocenters. The minimum absolute atomic E-state index is 0.00462. The van der Waals surface area contributed by atoms with Gasteiger partial charge in [-0.05, 0) is 36.8 Å². The van der Waals surface area contributed by atoms with Gasteiger partial charge in [0.1, 0.15) is 11.6 Å². The number of hydrogen-bond donors (Lipinski definition) is 1. The molecule has 4 rings (SSSR count). The Morgan fingerprint density at radius 1 is 1.28 bits per heavy atom. The molecule has 1 fully saturated rings. The highest BCUT2D eigenvalue weighted by Gasteiger charge is 2.38. The lowest BCUT2D eigenvalue weighted by molar-refractivity contribution is -0.136. The number of nitrogens with zero attached hydrogens (tertiary/aromatic N) is 3. The number of para-hydroxylation sites is 1. The Bertz CT molecular complexity index is 1250. The van der Waals surface area contributed by atoms with Crippen molar-refractivity contribution in [2.75, 3.05) is 18.0 Å². The maximum Gasteiger partial charge on any atom is 0.258 e. The molecule has 0 radical (unpaired) electrons. The molecule has 1 N–H and O–H groups in total. The molecule has 0 aliphatic carbocycles. The smallest absolute Gasteiger partial charge is 0.258 e. The van der Waals surface area contributed by atoms with Gasteiger partial charge in [0.15, 0.2) is 0 Å². The molecule has 0 spiro atoms. The summed E-state index contributed by atoms with van der Waals surface area (Å²) < 4.78 is 14.2. The lowest BCUT2D eigenvalue weighted by Crippen LogP contribution is -2.38.